The molecule has 0 saturated carbocycles. The molecule has 8 nitrogen and oxygen atoms in total. The van der Waals surface area contributed by atoms with E-state index in [0.717, 1.165) is 11.3 Å². The van der Waals surface area contributed by atoms with Gasteiger partial charge in [0, 0.05) is 45.4 Å². The summed E-state index contributed by atoms with van der Waals surface area (Å²) in [7, 11) is 3.93. The molecule has 1 aromatic carbocycles. The fourth-order valence-electron chi connectivity index (χ4n) is 3.31. The van der Waals surface area contributed by atoms with E-state index in [9.17, 15) is 14.7 Å². The smallest absolute Gasteiger partial charge is 0.243 e. The molecule has 0 spiro atoms. The summed E-state index contributed by atoms with van der Waals surface area (Å²) in [5, 5.41) is 16.6. The second-order valence-corrected chi connectivity index (χ2v) is 7.34. The fraction of sp³-hybridized carbons (Fsp3) is 0.450. The van der Waals surface area contributed by atoms with E-state index in [1.165, 1.54) is 4.90 Å². The number of aromatic nitrogens is 1. The zero-order valence-corrected chi connectivity index (χ0v) is 16.4. The molecule has 2 N–H and O–H groups in total. The number of hydrogen-bond donors (Lipinski definition) is 2. The first-order chi connectivity index (χ1) is 13.3. The standard InChI is InChI=1S/C20H26N4O4/c1-13-8-17(28-22-13)10-19(26)24-12-16(25)9-18(24)20(27)21-11-14-4-6-15(7-5-14)23(2)3/h4-8,16,18,25H,9-12H2,1-3H3,(H,21,27). The first-order valence-electron chi connectivity index (χ1n) is 9.27. The second-order valence-electron chi connectivity index (χ2n) is 7.34. The summed E-state index contributed by atoms with van der Waals surface area (Å²) in [5.41, 5.74) is 2.74. The predicted molar refractivity (Wildman–Crippen MR) is 104 cm³/mol. The van der Waals surface area contributed by atoms with Gasteiger partial charge in [0.25, 0.3) is 0 Å². The van der Waals surface area contributed by atoms with Crippen LogP contribution in [-0.2, 0) is 22.6 Å². The van der Waals surface area contributed by atoms with Crippen molar-refractivity contribution < 1.29 is 19.2 Å². The molecule has 1 fully saturated rings. The molecule has 1 saturated heterocycles. The van der Waals surface area contributed by atoms with Gasteiger partial charge in [0.1, 0.15) is 11.8 Å². The average molecular weight is 386 g/mol. The molecule has 1 aliphatic heterocycles. The monoisotopic (exact) mass is 386 g/mol. The Kier molecular flexibility index (Phi) is 5.99. The molecular formula is C20H26N4O4. The third-order valence-corrected chi connectivity index (χ3v) is 4.82. The zero-order chi connectivity index (χ0) is 20.3. The van der Waals surface area contributed by atoms with E-state index in [1.54, 1.807) is 13.0 Å². The van der Waals surface area contributed by atoms with Crippen LogP contribution in [0, 0.1) is 6.92 Å². The van der Waals surface area contributed by atoms with Gasteiger partial charge in [-0.3, -0.25) is 9.59 Å². The minimum Gasteiger partial charge on any atom is -0.391 e. The van der Waals surface area contributed by atoms with E-state index < -0.39 is 12.1 Å². The first-order valence-corrected chi connectivity index (χ1v) is 9.27. The minimum atomic E-state index is -0.712. The Morgan fingerprint density at radius 3 is 2.64 bits per heavy atom. The lowest BCUT2D eigenvalue weighted by Gasteiger charge is -2.23. The summed E-state index contributed by atoms with van der Waals surface area (Å²) >= 11 is 0. The van der Waals surface area contributed by atoms with Gasteiger partial charge in [-0.25, -0.2) is 0 Å². The van der Waals surface area contributed by atoms with Gasteiger partial charge in [0.2, 0.25) is 11.8 Å². The molecule has 2 unspecified atom stereocenters. The maximum absolute atomic E-state index is 12.7. The number of carbonyl (C=O) groups excluding carboxylic acids is 2. The van der Waals surface area contributed by atoms with Gasteiger partial charge in [0.05, 0.1) is 18.2 Å². The van der Waals surface area contributed by atoms with Gasteiger partial charge in [-0.05, 0) is 24.6 Å². The van der Waals surface area contributed by atoms with Gasteiger partial charge in [-0.15, -0.1) is 0 Å². The third kappa shape index (κ3) is 4.69. The summed E-state index contributed by atoms with van der Waals surface area (Å²) in [4.78, 5) is 28.7. The Balaban J connectivity index is 1.59. The molecule has 2 amide bonds. The van der Waals surface area contributed by atoms with Crippen molar-refractivity contribution in [2.45, 2.75) is 38.5 Å². The number of hydrogen-bond acceptors (Lipinski definition) is 6. The number of anilines is 1. The van der Waals surface area contributed by atoms with Gasteiger partial charge >= 0.3 is 0 Å². The highest BCUT2D eigenvalue weighted by atomic mass is 16.5. The Bertz CT molecular complexity index is 831. The SMILES string of the molecule is Cc1cc(CC(=O)N2CC(O)CC2C(=O)NCc2ccc(N(C)C)cc2)on1. The fourth-order valence-corrected chi connectivity index (χ4v) is 3.31. The highest BCUT2D eigenvalue weighted by Gasteiger charge is 2.38. The summed E-state index contributed by atoms with van der Waals surface area (Å²) in [6.07, 6.45) is -0.467. The summed E-state index contributed by atoms with van der Waals surface area (Å²) in [6.45, 7) is 2.28. The van der Waals surface area contributed by atoms with Crippen LogP contribution in [0.5, 0.6) is 0 Å². The third-order valence-electron chi connectivity index (χ3n) is 4.82. The number of rotatable bonds is 6. The van der Waals surface area contributed by atoms with Crippen LogP contribution in [0.25, 0.3) is 0 Å². The van der Waals surface area contributed by atoms with Crippen molar-refractivity contribution in [1.82, 2.24) is 15.4 Å². The number of likely N-dealkylation sites (tertiary alicyclic amines) is 1. The number of aryl methyl sites for hydroxylation is 1. The van der Waals surface area contributed by atoms with Gasteiger partial charge in [0.15, 0.2) is 0 Å². The molecular weight excluding hydrogens is 360 g/mol. The number of amides is 2. The van der Waals surface area contributed by atoms with Crippen LogP contribution in [0.15, 0.2) is 34.9 Å². The predicted octanol–water partition coefficient (Wildman–Crippen LogP) is 0.870. The minimum absolute atomic E-state index is 0.0172. The number of β-amino-alcohol motifs (C(OH)–C–C–N with tert-alkyl or cyclic N) is 1. The first kappa shape index (κ1) is 19.9. The van der Waals surface area contributed by atoms with Crippen molar-refractivity contribution in [2.24, 2.45) is 0 Å². The molecule has 0 bridgehead atoms. The zero-order valence-electron chi connectivity index (χ0n) is 16.4. The van der Waals surface area contributed by atoms with Gasteiger partial charge in [-0.2, -0.15) is 0 Å². The van der Waals surface area contributed by atoms with Gasteiger partial charge in [-0.1, -0.05) is 17.3 Å². The normalized spacial score (nSPS) is 18.9. The lowest BCUT2D eigenvalue weighted by molar-refractivity contribution is -0.138. The molecule has 150 valence electrons. The maximum Gasteiger partial charge on any atom is 0.243 e. The lowest BCUT2D eigenvalue weighted by Crippen LogP contribution is -2.46. The van der Waals surface area contributed by atoms with E-state index in [4.69, 9.17) is 4.52 Å². The summed E-state index contributed by atoms with van der Waals surface area (Å²) in [5.74, 6) is -0.0810. The number of aliphatic hydroxyl groups is 1. The van der Waals surface area contributed by atoms with Crippen molar-refractivity contribution in [3.63, 3.8) is 0 Å². The molecule has 2 aromatic rings. The summed E-state index contributed by atoms with van der Waals surface area (Å²) < 4.78 is 5.08. The number of benzene rings is 1. The number of aliphatic hydroxyl groups excluding tert-OH is 1. The molecule has 0 radical (unpaired) electrons. The van der Waals surface area contributed by atoms with Crippen LogP contribution >= 0.6 is 0 Å². The quantitative estimate of drug-likeness (QED) is 0.764. The maximum atomic E-state index is 12.7. The van der Waals surface area contributed by atoms with E-state index in [1.807, 2.05) is 43.3 Å². The Morgan fingerprint density at radius 1 is 1.32 bits per heavy atom. The van der Waals surface area contributed by atoms with Crippen LogP contribution in [-0.4, -0.2) is 59.8 Å². The van der Waals surface area contributed by atoms with Crippen molar-refractivity contribution in [3.05, 3.63) is 47.3 Å². The highest BCUT2D eigenvalue weighted by molar-refractivity contribution is 5.89. The van der Waals surface area contributed by atoms with E-state index in [-0.39, 0.29) is 31.2 Å². The van der Waals surface area contributed by atoms with Crippen molar-refractivity contribution in [1.29, 1.82) is 0 Å². The Labute approximate surface area is 164 Å². The van der Waals surface area contributed by atoms with E-state index in [0.29, 0.717) is 18.0 Å². The Morgan fingerprint density at radius 2 is 2.04 bits per heavy atom. The number of carbonyl (C=O) groups is 2. The Hall–Kier alpha value is -2.87. The molecule has 1 aromatic heterocycles. The van der Waals surface area contributed by atoms with Crippen LogP contribution < -0.4 is 10.2 Å². The molecule has 1 aliphatic rings. The number of nitrogens with zero attached hydrogens (tertiary/aromatic N) is 3. The topological polar surface area (TPSA) is 98.9 Å². The van der Waals surface area contributed by atoms with Gasteiger partial charge < -0.3 is 24.7 Å². The summed E-state index contributed by atoms with van der Waals surface area (Å²) in [6, 6.07) is 8.87. The van der Waals surface area contributed by atoms with Crippen molar-refractivity contribution in [2.75, 3.05) is 25.5 Å². The average Bonchev–Trinajstić information content (AvgIpc) is 3.25. The van der Waals surface area contributed by atoms with E-state index in [2.05, 4.69) is 10.5 Å². The molecule has 2 heterocycles. The molecule has 2 atom stereocenters. The van der Waals surface area contributed by atoms with Crippen LogP contribution in [0.3, 0.4) is 0 Å². The van der Waals surface area contributed by atoms with Crippen molar-refractivity contribution in [3.8, 4) is 0 Å². The highest BCUT2D eigenvalue weighted by Crippen LogP contribution is 2.20. The van der Waals surface area contributed by atoms with Crippen LogP contribution in [0.4, 0.5) is 5.69 Å². The van der Waals surface area contributed by atoms with Crippen molar-refractivity contribution >= 4 is 17.5 Å². The molecule has 8 heteroatoms. The van der Waals surface area contributed by atoms with E-state index >= 15 is 0 Å². The molecule has 0 aliphatic carbocycles. The molecule has 3 rings (SSSR count). The van der Waals surface area contributed by atoms with Crippen LogP contribution in [0.1, 0.15) is 23.4 Å². The number of nitrogens with one attached hydrogen (secondary N) is 1. The molecule has 28 heavy (non-hydrogen) atoms. The largest absolute Gasteiger partial charge is 0.391 e. The second kappa shape index (κ2) is 8.43. The lowest BCUT2D eigenvalue weighted by atomic mass is 10.1. The van der Waals surface area contributed by atoms with Crippen LogP contribution in [0.2, 0.25) is 0 Å².